The molecule has 5 nitrogen and oxygen atoms in total. The van der Waals surface area contributed by atoms with Gasteiger partial charge in [0.1, 0.15) is 5.75 Å². The van der Waals surface area contributed by atoms with Crippen LogP contribution in [0.15, 0.2) is 42.5 Å². The van der Waals surface area contributed by atoms with Crippen LogP contribution in [0.4, 0.5) is 5.69 Å². The van der Waals surface area contributed by atoms with E-state index in [0.29, 0.717) is 35.0 Å². The van der Waals surface area contributed by atoms with E-state index in [1.165, 1.54) is 44.9 Å². The molecule has 7 heteroatoms. The minimum atomic E-state index is -0.295. The third kappa shape index (κ3) is 10.4. The molecular formula is C27H37ClN2O3S. The van der Waals surface area contributed by atoms with Crippen molar-refractivity contribution in [2.75, 3.05) is 30.5 Å². The quantitative estimate of drug-likeness (QED) is 0.237. The van der Waals surface area contributed by atoms with Gasteiger partial charge in [0.25, 0.3) is 11.8 Å². The Bertz CT molecular complexity index is 890. The van der Waals surface area contributed by atoms with Crippen LogP contribution in [0.2, 0.25) is 5.02 Å². The number of anilines is 1. The zero-order valence-electron chi connectivity index (χ0n) is 20.3. The summed E-state index contributed by atoms with van der Waals surface area (Å²) >= 11 is 7.90. The summed E-state index contributed by atoms with van der Waals surface area (Å²) in [6, 6.07) is 11.9. The van der Waals surface area contributed by atoms with E-state index in [4.69, 9.17) is 16.3 Å². The highest BCUT2D eigenvalue weighted by molar-refractivity contribution is 7.98. The van der Waals surface area contributed by atoms with E-state index < -0.39 is 0 Å². The molecule has 2 aromatic rings. The van der Waals surface area contributed by atoms with Crippen molar-refractivity contribution in [2.45, 2.75) is 58.3 Å². The number of nitrogens with one attached hydrogen (secondary N) is 2. The smallest absolute Gasteiger partial charge is 0.255 e. The predicted molar refractivity (Wildman–Crippen MR) is 145 cm³/mol. The van der Waals surface area contributed by atoms with Gasteiger partial charge in [-0.3, -0.25) is 9.59 Å². The van der Waals surface area contributed by atoms with Gasteiger partial charge in [-0.1, -0.05) is 63.5 Å². The molecule has 0 spiro atoms. The lowest BCUT2D eigenvalue weighted by molar-refractivity contribution is 0.0954. The van der Waals surface area contributed by atoms with Gasteiger partial charge < -0.3 is 15.4 Å². The molecular weight excluding hydrogens is 468 g/mol. The summed E-state index contributed by atoms with van der Waals surface area (Å²) in [5.41, 5.74) is 1.34. The van der Waals surface area contributed by atoms with E-state index in [9.17, 15) is 9.59 Å². The van der Waals surface area contributed by atoms with Gasteiger partial charge in [0.2, 0.25) is 0 Å². The highest BCUT2D eigenvalue weighted by atomic mass is 35.5. The second-order valence-corrected chi connectivity index (χ2v) is 9.64. The lowest BCUT2D eigenvalue weighted by atomic mass is 10.1. The Morgan fingerprint density at radius 1 is 0.882 bits per heavy atom. The Labute approximate surface area is 213 Å². The zero-order valence-corrected chi connectivity index (χ0v) is 21.9. The van der Waals surface area contributed by atoms with Gasteiger partial charge >= 0.3 is 0 Å². The second kappa shape index (κ2) is 16.4. The number of amides is 2. The van der Waals surface area contributed by atoms with Crippen molar-refractivity contribution in [3.63, 3.8) is 0 Å². The Hall–Kier alpha value is -2.18. The number of halogens is 1. The van der Waals surface area contributed by atoms with E-state index in [-0.39, 0.29) is 11.8 Å². The van der Waals surface area contributed by atoms with Crippen LogP contribution in [-0.2, 0) is 0 Å². The number of hydrogen-bond acceptors (Lipinski definition) is 4. The molecule has 0 radical (unpaired) electrons. The van der Waals surface area contributed by atoms with Crippen molar-refractivity contribution < 1.29 is 14.3 Å². The fourth-order valence-corrected chi connectivity index (χ4v) is 3.92. The van der Waals surface area contributed by atoms with Crippen LogP contribution >= 0.6 is 23.4 Å². The highest BCUT2D eigenvalue weighted by Gasteiger charge is 2.12. The number of hydrogen-bond donors (Lipinski definition) is 2. The van der Waals surface area contributed by atoms with E-state index in [0.717, 1.165) is 17.9 Å². The van der Waals surface area contributed by atoms with E-state index in [1.54, 1.807) is 54.2 Å². The molecule has 0 aliphatic carbocycles. The van der Waals surface area contributed by atoms with Gasteiger partial charge in [0, 0.05) is 23.4 Å². The molecule has 0 atom stereocenters. The molecule has 0 fully saturated rings. The molecule has 0 heterocycles. The van der Waals surface area contributed by atoms with Gasteiger partial charge in [-0.25, -0.2) is 0 Å². The number of carbonyl (C=O) groups excluding carboxylic acids is 2. The molecule has 34 heavy (non-hydrogen) atoms. The van der Waals surface area contributed by atoms with Crippen molar-refractivity contribution in [1.29, 1.82) is 0 Å². The van der Waals surface area contributed by atoms with Gasteiger partial charge in [0.05, 0.1) is 17.3 Å². The first-order valence-electron chi connectivity index (χ1n) is 12.2. The zero-order chi connectivity index (χ0) is 24.6. The van der Waals surface area contributed by atoms with Gasteiger partial charge in [-0.15, -0.1) is 0 Å². The highest BCUT2D eigenvalue weighted by Crippen LogP contribution is 2.24. The van der Waals surface area contributed by atoms with Crippen molar-refractivity contribution in [3.8, 4) is 5.75 Å². The third-order valence-electron chi connectivity index (χ3n) is 5.45. The number of thioether (sulfide) groups is 1. The number of ether oxygens (including phenoxy) is 1. The molecule has 186 valence electrons. The molecule has 0 aliphatic rings. The Morgan fingerprint density at radius 2 is 1.53 bits per heavy atom. The Morgan fingerprint density at radius 3 is 2.21 bits per heavy atom. The maximum atomic E-state index is 12.7. The number of rotatable bonds is 16. The lowest BCUT2D eigenvalue weighted by Crippen LogP contribution is -2.25. The van der Waals surface area contributed by atoms with Crippen molar-refractivity contribution in [1.82, 2.24) is 5.32 Å². The van der Waals surface area contributed by atoms with Crippen molar-refractivity contribution in [3.05, 3.63) is 58.6 Å². The summed E-state index contributed by atoms with van der Waals surface area (Å²) in [5.74, 6) is 1.10. The molecule has 2 amide bonds. The van der Waals surface area contributed by atoms with Crippen LogP contribution in [0.3, 0.4) is 0 Å². The Balaban J connectivity index is 1.79. The average Bonchev–Trinajstić information content (AvgIpc) is 2.84. The van der Waals surface area contributed by atoms with Crippen molar-refractivity contribution >= 4 is 40.9 Å². The first-order chi connectivity index (χ1) is 16.5. The summed E-state index contributed by atoms with van der Waals surface area (Å²) in [7, 11) is 0. The summed E-state index contributed by atoms with van der Waals surface area (Å²) in [6.07, 6.45) is 12.1. The maximum absolute atomic E-state index is 12.7. The molecule has 0 unspecified atom stereocenters. The number of benzene rings is 2. The fourth-order valence-electron chi connectivity index (χ4n) is 3.45. The van der Waals surface area contributed by atoms with Crippen LogP contribution in [-0.4, -0.2) is 37.0 Å². The van der Waals surface area contributed by atoms with E-state index in [2.05, 4.69) is 17.6 Å². The van der Waals surface area contributed by atoms with Crippen molar-refractivity contribution in [2.24, 2.45) is 0 Å². The fraction of sp³-hybridized carbons (Fsp3) is 0.481. The predicted octanol–water partition coefficient (Wildman–Crippen LogP) is 7.20. The van der Waals surface area contributed by atoms with Crippen LogP contribution in [0.1, 0.15) is 79.0 Å². The minimum Gasteiger partial charge on any atom is -0.494 e. The van der Waals surface area contributed by atoms with Crippen LogP contribution in [0.5, 0.6) is 5.75 Å². The topological polar surface area (TPSA) is 67.4 Å². The molecule has 2 N–H and O–H groups in total. The molecule has 0 aromatic heterocycles. The molecule has 0 saturated heterocycles. The summed E-state index contributed by atoms with van der Waals surface area (Å²) < 4.78 is 5.81. The number of carbonyl (C=O) groups is 2. The summed E-state index contributed by atoms with van der Waals surface area (Å²) in [4.78, 5) is 25.0. The van der Waals surface area contributed by atoms with Crippen LogP contribution in [0.25, 0.3) is 0 Å². The Kier molecular flexibility index (Phi) is 13.6. The summed E-state index contributed by atoms with van der Waals surface area (Å²) in [5, 5.41) is 6.02. The molecule has 0 saturated carbocycles. The van der Waals surface area contributed by atoms with Gasteiger partial charge in [-0.2, -0.15) is 11.8 Å². The van der Waals surface area contributed by atoms with Crippen LogP contribution in [0, 0.1) is 0 Å². The first-order valence-corrected chi connectivity index (χ1v) is 13.9. The third-order valence-corrected chi connectivity index (χ3v) is 6.39. The van der Waals surface area contributed by atoms with Gasteiger partial charge in [-0.05, 0) is 55.1 Å². The van der Waals surface area contributed by atoms with Crippen LogP contribution < -0.4 is 15.4 Å². The van der Waals surface area contributed by atoms with E-state index >= 15 is 0 Å². The molecule has 2 rings (SSSR count). The SMILES string of the molecule is CCCCCCCCCCOc1ccc(C(=O)Nc2cc(C(=O)NCCSC)ccc2Cl)cc1. The second-order valence-electron chi connectivity index (χ2n) is 8.25. The standard InChI is InChI=1S/C27H37ClN2O3S/c1-3-4-5-6-7-8-9-10-18-33-23-14-11-21(12-15-23)27(32)30-25-20-22(13-16-24(25)28)26(31)29-17-19-34-2/h11-16,20H,3-10,17-19H2,1-2H3,(H,29,31)(H,30,32). The molecule has 0 bridgehead atoms. The maximum Gasteiger partial charge on any atom is 0.255 e. The largest absolute Gasteiger partial charge is 0.494 e. The summed E-state index contributed by atoms with van der Waals surface area (Å²) in [6.45, 7) is 3.50. The monoisotopic (exact) mass is 504 g/mol. The first kappa shape index (κ1) is 28.1. The van der Waals surface area contributed by atoms with Gasteiger partial charge in [0.15, 0.2) is 0 Å². The lowest BCUT2D eigenvalue weighted by Gasteiger charge is -2.11. The minimum absolute atomic E-state index is 0.195. The average molecular weight is 505 g/mol. The molecule has 0 aliphatic heterocycles. The number of unbranched alkanes of at least 4 members (excludes halogenated alkanes) is 7. The van der Waals surface area contributed by atoms with E-state index in [1.807, 2.05) is 6.26 Å². The normalized spacial score (nSPS) is 10.7. The molecule has 2 aromatic carbocycles.